The van der Waals surface area contributed by atoms with E-state index in [2.05, 4.69) is 11.8 Å². The molecule has 18 heavy (non-hydrogen) atoms. The fourth-order valence-corrected chi connectivity index (χ4v) is 2.86. The van der Waals surface area contributed by atoms with E-state index in [1.807, 2.05) is 18.2 Å². The maximum atomic E-state index is 9.93. The number of benzene rings is 1. The van der Waals surface area contributed by atoms with Crippen molar-refractivity contribution in [3.63, 3.8) is 0 Å². The number of para-hydroxylation sites is 1. The number of rotatable bonds is 4. The van der Waals surface area contributed by atoms with Crippen LogP contribution in [0.5, 0.6) is 5.75 Å². The number of aromatic hydroxyl groups is 1. The van der Waals surface area contributed by atoms with E-state index >= 15 is 0 Å². The van der Waals surface area contributed by atoms with E-state index < -0.39 is 0 Å². The molecule has 0 spiro atoms. The van der Waals surface area contributed by atoms with Gasteiger partial charge in [-0.05, 0) is 38.3 Å². The lowest BCUT2D eigenvalue weighted by Crippen LogP contribution is -2.38. The van der Waals surface area contributed by atoms with Crippen molar-refractivity contribution in [3.8, 4) is 5.75 Å². The second-order valence-corrected chi connectivity index (χ2v) is 5.19. The molecule has 0 saturated carbocycles. The molecule has 3 heteroatoms. The number of nitrogens with zero attached hydrogens (tertiary/aromatic N) is 1. The standard InChI is InChI=1S/C15H23NO2/c1-12(14-7-3-4-8-15(14)17)16-9-5-6-13(10-16)11-18-2/h3-4,7-8,12-13,17H,5-6,9-11H2,1-2H3. The van der Waals surface area contributed by atoms with Gasteiger partial charge < -0.3 is 9.84 Å². The van der Waals surface area contributed by atoms with Gasteiger partial charge in [0.15, 0.2) is 0 Å². The number of piperidine rings is 1. The maximum absolute atomic E-state index is 9.93. The Morgan fingerprint density at radius 2 is 2.22 bits per heavy atom. The van der Waals surface area contributed by atoms with Gasteiger partial charge in [0, 0.05) is 25.3 Å². The summed E-state index contributed by atoms with van der Waals surface area (Å²) in [6, 6.07) is 7.91. The van der Waals surface area contributed by atoms with Crippen molar-refractivity contribution in [3.05, 3.63) is 29.8 Å². The molecular weight excluding hydrogens is 226 g/mol. The smallest absolute Gasteiger partial charge is 0.120 e. The molecule has 0 amide bonds. The average molecular weight is 249 g/mol. The number of likely N-dealkylation sites (tertiary alicyclic amines) is 1. The molecule has 1 fully saturated rings. The van der Waals surface area contributed by atoms with Crippen LogP contribution in [0.25, 0.3) is 0 Å². The quantitative estimate of drug-likeness (QED) is 0.890. The van der Waals surface area contributed by atoms with Crippen molar-refractivity contribution in [1.82, 2.24) is 4.90 Å². The molecule has 100 valence electrons. The van der Waals surface area contributed by atoms with Gasteiger partial charge in [0.05, 0.1) is 6.61 Å². The van der Waals surface area contributed by atoms with Crippen LogP contribution in [-0.4, -0.2) is 36.8 Å². The highest BCUT2D eigenvalue weighted by molar-refractivity contribution is 5.34. The van der Waals surface area contributed by atoms with Crippen LogP contribution in [0, 0.1) is 5.92 Å². The van der Waals surface area contributed by atoms with E-state index in [1.54, 1.807) is 13.2 Å². The molecule has 1 saturated heterocycles. The third-order valence-corrected chi connectivity index (χ3v) is 3.89. The topological polar surface area (TPSA) is 32.7 Å². The summed E-state index contributed by atoms with van der Waals surface area (Å²) in [5, 5.41) is 9.93. The van der Waals surface area contributed by atoms with Crippen molar-refractivity contribution < 1.29 is 9.84 Å². The van der Waals surface area contributed by atoms with E-state index in [0.717, 1.165) is 25.3 Å². The molecule has 0 aromatic heterocycles. The molecular formula is C15H23NO2. The molecule has 0 aliphatic carbocycles. The Morgan fingerprint density at radius 1 is 1.44 bits per heavy atom. The van der Waals surface area contributed by atoms with Crippen LogP contribution >= 0.6 is 0 Å². The van der Waals surface area contributed by atoms with E-state index in [1.165, 1.54) is 12.8 Å². The number of hydrogen-bond acceptors (Lipinski definition) is 3. The Kier molecular flexibility index (Phi) is 4.61. The lowest BCUT2D eigenvalue weighted by Gasteiger charge is -2.37. The zero-order valence-corrected chi connectivity index (χ0v) is 11.3. The van der Waals surface area contributed by atoms with Gasteiger partial charge in [-0.3, -0.25) is 4.90 Å². The first kappa shape index (κ1) is 13.4. The van der Waals surface area contributed by atoms with Crippen LogP contribution in [0.15, 0.2) is 24.3 Å². The van der Waals surface area contributed by atoms with Crippen molar-refractivity contribution >= 4 is 0 Å². The van der Waals surface area contributed by atoms with Gasteiger partial charge in [-0.2, -0.15) is 0 Å². The molecule has 0 radical (unpaired) electrons. The van der Waals surface area contributed by atoms with E-state index in [9.17, 15) is 5.11 Å². The first-order valence-electron chi connectivity index (χ1n) is 6.73. The summed E-state index contributed by atoms with van der Waals surface area (Å²) in [6.45, 7) is 5.17. The molecule has 2 atom stereocenters. The third-order valence-electron chi connectivity index (χ3n) is 3.89. The summed E-state index contributed by atoms with van der Waals surface area (Å²) in [5.74, 6) is 1.02. The molecule has 3 nitrogen and oxygen atoms in total. The van der Waals surface area contributed by atoms with Crippen molar-refractivity contribution in [2.75, 3.05) is 26.8 Å². The minimum Gasteiger partial charge on any atom is -0.508 e. The number of phenolic OH excluding ortho intramolecular Hbond substituents is 1. The van der Waals surface area contributed by atoms with Gasteiger partial charge in [-0.1, -0.05) is 18.2 Å². The second kappa shape index (κ2) is 6.21. The first-order valence-corrected chi connectivity index (χ1v) is 6.73. The van der Waals surface area contributed by atoms with Crippen molar-refractivity contribution in [2.45, 2.75) is 25.8 Å². The lowest BCUT2D eigenvalue weighted by atomic mass is 9.95. The number of phenols is 1. The van der Waals surface area contributed by atoms with Gasteiger partial charge in [-0.15, -0.1) is 0 Å². The van der Waals surface area contributed by atoms with Crippen molar-refractivity contribution in [2.24, 2.45) is 5.92 Å². The Hall–Kier alpha value is -1.06. The van der Waals surface area contributed by atoms with Gasteiger partial charge in [0.1, 0.15) is 5.75 Å². The van der Waals surface area contributed by atoms with Crippen LogP contribution in [0.3, 0.4) is 0 Å². The number of hydrogen-bond donors (Lipinski definition) is 1. The average Bonchev–Trinajstić information content (AvgIpc) is 2.39. The fourth-order valence-electron chi connectivity index (χ4n) is 2.86. The summed E-state index contributed by atoms with van der Waals surface area (Å²) in [6.07, 6.45) is 2.46. The van der Waals surface area contributed by atoms with Crippen LogP contribution in [0.4, 0.5) is 0 Å². The summed E-state index contributed by atoms with van der Waals surface area (Å²) in [5.41, 5.74) is 1.02. The van der Waals surface area contributed by atoms with Gasteiger partial charge >= 0.3 is 0 Å². The molecule has 0 bridgehead atoms. The van der Waals surface area contributed by atoms with E-state index in [0.29, 0.717) is 11.7 Å². The summed E-state index contributed by atoms with van der Waals surface area (Å²) in [4.78, 5) is 2.45. The third kappa shape index (κ3) is 3.03. The molecule has 1 aliphatic heterocycles. The highest BCUT2D eigenvalue weighted by Crippen LogP contribution is 2.31. The van der Waals surface area contributed by atoms with Gasteiger partial charge in [0.2, 0.25) is 0 Å². The molecule has 1 aliphatic rings. The zero-order valence-electron chi connectivity index (χ0n) is 11.3. The molecule has 2 unspecified atom stereocenters. The van der Waals surface area contributed by atoms with E-state index in [4.69, 9.17) is 4.74 Å². The minimum atomic E-state index is 0.269. The Balaban J connectivity index is 2.04. The number of methoxy groups -OCH3 is 1. The van der Waals surface area contributed by atoms with Gasteiger partial charge in [-0.25, -0.2) is 0 Å². The van der Waals surface area contributed by atoms with E-state index in [-0.39, 0.29) is 6.04 Å². The molecule has 2 rings (SSSR count). The highest BCUT2D eigenvalue weighted by atomic mass is 16.5. The fraction of sp³-hybridized carbons (Fsp3) is 0.600. The number of ether oxygens (including phenoxy) is 1. The highest BCUT2D eigenvalue weighted by Gasteiger charge is 2.25. The Morgan fingerprint density at radius 3 is 2.94 bits per heavy atom. The largest absolute Gasteiger partial charge is 0.508 e. The maximum Gasteiger partial charge on any atom is 0.120 e. The molecule has 1 heterocycles. The van der Waals surface area contributed by atoms with Gasteiger partial charge in [0.25, 0.3) is 0 Å². The normalized spacial score (nSPS) is 22.9. The Labute approximate surface area is 109 Å². The monoisotopic (exact) mass is 249 g/mol. The summed E-state index contributed by atoms with van der Waals surface area (Å²) in [7, 11) is 1.77. The predicted molar refractivity (Wildman–Crippen MR) is 72.7 cm³/mol. The first-order chi connectivity index (χ1) is 8.72. The second-order valence-electron chi connectivity index (χ2n) is 5.19. The lowest BCUT2D eigenvalue weighted by molar-refractivity contribution is 0.0716. The van der Waals surface area contributed by atoms with Crippen LogP contribution < -0.4 is 0 Å². The molecule has 1 aromatic carbocycles. The summed E-state index contributed by atoms with van der Waals surface area (Å²) >= 11 is 0. The summed E-state index contributed by atoms with van der Waals surface area (Å²) < 4.78 is 5.26. The molecule has 1 N–H and O–H groups in total. The van der Waals surface area contributed by atoms with Crippen molar-refractivity contribution in [1.29, 1.82) is 0 Å². The van der Waals surface area contributed by atoms with Crippen LogP contribution in [-0.2, 0) is 4.74 Å². The SMILES string of the molecule is COCC1CCCN(C(C)c2ccccc2O)C1. The zero-order chi connectivity index (χ0) is 13.0. The predicted octanol–water partition coefficient (Wildman–Crippen LogP) is 2.81. The van der Waals surface area contributed by atoms with Crippen LogP contribution in [0.2, 0.25) is 0 Å². The minimum absolute atomic E-state index is 0.269. The molecule has 1 aromatic rings. The Bertz CT molecular complexity index is 379. The van der Waals surface area contributed by atoms with Crippen LogP contribution in [0.1, 0.15) is 31.4 Å².